The Balaban J connectivity index is 0.958. The number of nitrogens with one attached hydrogen (secondary N) is 6. The number of hydrogen-bond donors (Lipinski definition) is 9. The number of nitrogens with zero attached hydrogens (tertiary/aromatic N) is 6. The van der Waals surface area contributed by atoms with Crippen LogP contribution in [-0.4, -0.2) is 119 Å². The molecule has 0 spiro atoms. The zero-order valence-corrected chi connectivity index (χ0v) is 39.7. The highest BCUT2D eigenvalue weighted by Gasteiger charge is 2.28. The fourth-order valence-electron chi connectivity index (χ4n) is 7.74. The average Bonchev–Trinajstić information content (AvgIpc) is 4.00. The zero-order valence-electron chi connectivity index (χ0n) is 39.7. The first kappa shape index (κ1) is 52.7. The lowest BCUT2D eigenvalue weighted by Crippen LogP contribution is -2.53. The number of benzene rings is 3. The monoisotopic (exact) mass is 990 g/mol. The molecule has 24 heteroatoms. The second-order valence-electron chi connectivity index (χ2n) is 17.3. The topological polar surface area (TPSA) is 352 Å². The zero-order chi connectivity index (χ0) is 52.1. The fraction of sp³-hybridized carbons (Fsp3) is 0.354. The highest BCUT2D eigenvalue weighted by molar-refractivity contribution is 6.13. The third-order valence-corrected chi connectivity index (χ3v) is 11.7. The van der Waals surface area contributed by atoms with Crippen LogP contribution in [0.2, 0.25) is 0 Å². The van der Waals surface area contributed by atoms with Crippen molar-refractivity contribution in [2.45, 2.75) is 90.3 Å². The molecule has 0 unspecified atom stereocenters. The number of hydrogen-bond acceptors (Lipinski definition) is 15. The highest BCUT2D eigenvalue weighted by Crippen LogP contribution is 2.27. The van der Waals surface area contributed by atoms with Gasteiger partial charge in [-0.05, 0) is 104 Å². The molecule has 3 heterocycles. The van der Waals surface area contributed by atoms with Crippen LogP contribution < -0.4 is 38.1 Å². The van der Waals surface area contributed by atoms with Gasteiger partial charge in [-0.2, -0.15) is 10.2 Å². The summed E-state index contributed by atoms with van der Waals surface area (Å²) in [5, 5.41) is 37.1. The van der Waals surface area contributed by atoms with Gasteiger partial charge in [0.05, 0.1) is 16.5 Å². The van der Waals surface area contributed by atoms with Crippen LogP contribution in [0.3, 0.4) is 0 Å². The Hall–Kier alpha value is -8.70. The van der Waals surface area contributed by atoms with E-state index in [2.05, 4.69) is 57.2 Å². The quantitative estimate of drug-likeness (QED) is 0.0316. The van der Waals surface area contributed by atoms with Gasteiger partial charge in [-0.15, -0.1) is 10.2 Å². The van der Waals surface area contributed by atoms with Gasteiger partial charge in [0.15, 0.2) is 0 Å². The number of rotatable bonds is 24. The lowest BCUT2D eigenvalue weighted by Gasteiger charge is -2.24. The molecule has 0 radical (unpaired) electrons. The van der Waals surface area contributed by atoms with Gasteiger partial charge in [-0.3, -0.25) is 38.5 Å². The SMILES string of the molecule is CC(C)[C@H](NC(=O)CCCCCN1C(=O)C=CC1=O)C(=O)N[C@@H](C)C(=O)Nc1ccc(C(=O)NCCC[C@H](NC(=O)c2ccc(CCc3ccc4nc(N)nc(N)c4c3F)cc2)C(=O)O)c(-c2nn[nH]n2)c1. The van der Waals surface area contributed by atoms with Crippen molar-refractivity contribution in [2.24, 2.45) is 5.92 Å². The molecule has 0 fully saturated rings. The minimum Gasteiger partial charge on any atom is -0.480 e. The van der Waals surface area contributed by atoms with Crippen molar-refractivity contribution in [3.8, 4) is 11.4 Å². The molecule has 0 saturated carbocycles. The van der Waals surface area contributed by atoms with E-state index >= 15 is 4.39 Å². The predicted molar refractivity (Wildman–Crippen MR) is 260 cm³/mol. The number of carbonyl (C=O) groups excluding carboxylic acids is 7. The smallest absolute Gasteiger partial charge is 0.326 e. The predicted octanol–water partition coefficient (Wildman–Crippen LogP) is 2.36. The maximum Gasteiger partial charge on any atom is 0.326 e. The standard InChI is InChI=1S/C48H55FN14O9/c1-25(2)40(57-35(64)9-5-4-6-23-63-36(65)20-21-37(63)66)46(70)53-26(3)43(67)54-30-17-18-31(32(24-30)42-59-61-62-60-42)45(69)52-22-7-8-34(47(71)72)55-44(68)29-14-11-27(12-15-29)10-13-28-16-19-33-38(39(28)49)41(50)58-48(51)56-33/h11-12,14-21,24-26,34,40H,4-10,13,22-23H2,1-3H3,(H,52,69)(H,53,70)(H,54,67)(H,55,68)(H,57,64)(H,71,72)(H4,50,51,56,58)(H,59,60,61,62)/t26-,34-,40-/m0/s1. The van der Waals surface area contributed by atoms with Crippen molar-refractivity contribution in [3.63, 3.8) is 0 Å². The van der Waals surface area contributed by atoms with Gasteiger partial charge in [0, 0.05) is 48.5 Å². The molecular weight excluding hydrogens is 936 g/mol. The number of aliphatic carboxylic acids is 1. The first-order chi connectivity index (χ1) is 34.4. The normalized spacial score (nSPS) is 13.4. The molecule has 3 atom stereocenters. The second-order valence-corrected chi connectivity index (χ2v) is 17.3. The summed E-state index contributed by atoms with van der Waals surface area (Å²) in [6.07, 6.45) is 4.96. The van der Waals surface area contributed by atoms with Crippen LogP contribution >= 0.6 is 0 Å². The summed E-state index contributed by atoms with van der Waals surface area (Å²) in [6.45, 7) is 5.22. The van der Waals surface area contributed by atoms with Gasteiger partial charge >= 0.3 is 5.97 Å². The molecule has 1 aliphatic rings. The molecular formula is C48H55FN14O9. The number of nitrogens with two attached hydrogens (primary N) is 2. The van der Waals surface area contributed by atoms with Crippen LogP contribution in [0.15, 0.2) is 66.7 Å². The largest absolute Gasteiger partial charge is 0.480 e. The number of nitrogen functional groups attached to an aromatic ring is 2. The van der Waals surface area contributed by atoms with Crippen LogP contribution in [0.4, 0.5) is 21.8 Å². The van der Waals surface area contributed by atoms with Gasteiger partial charge in [-0.1, -0.05) is 38.5 Å². The van der Waals surface area contributed by atoms with Gasteiger partial charge in [0.1, 0.15) is 29.8 Å². The first-order valence-corrected chi connectivity index (χ1v) is 23.1. The number of anilines is 3. The first-order valence-electron chi connectivity index (χ1n) is 23.1. The molecule has 6 rings (SSSR count). The maximum absolute atomic E-state index is 15.3. The van der Waals surface area contributed by atoms with Crippen molar-refractivity contribution in [2.75, 3.05) is 29.9 Å². The summed E-state index contributed by atoms with van der Waals surface area (Å²) in [4.78, 5) is 110. The minimum atomic E-state index is -1.29. The Morgan fingerprint density at radius 3 is 2.24 bits per heavy atom. The van der Waals surface area contributed by atoms with Crippen LogP contribution in [0.25, 0.3) is 22.3 Å². The molecule has 0 aliphatic carbocycles. The highest BCUT2D eigenvalue weighted by atomic mass is 19.1. The summed E-state index contributed by atoms with van der Waals surface area (Å²) in [6, 6.07) is 10.7. The summed E-state index contributed by atoms with van der Waals surface area (Å²) < 4.78 is 15.3. The van der Waals surface area contributed by atoms with Crippen LogP contribution in [0.1, 0.15) is 91.1 Å². The molecule has 23 nitrogen and oxygen atoms in total. The Bertz CT molecular complexity index is 2860. The molecule has 378 valence electrons. The number of H-pyrrole nitrogens is 1. The minimum absolute atomic E-state index is 0.0150. The van der Waals surface area contributed by atoms with E-state index in [0.29, 0.717) is 43.2 Å². The van der Waals surface area contributed by atoms with Gasteiger partial charge < -0.3 is 43.2 Å². The molecule has 72 heavy (non-hydrogen) atoms. The van der Waals surface area contributed by atoms with Crippen LogP contribution in [0, 0.1) is 11.7 Å². The van der Waals surface area contributed by atoms with E-state index in [4.69, 9.17) is 11.5 Å². The molecule has 5 aromatic rings. The van der Waals surface area contributed by atoms with E-state index in [0.717, 1.165) is 10.5 Å². The number of fused-ring (bicyclic) bond motifs is 1. The van der Waals surface area contributed by atoms with Crippen molar-refractivity contribution in [3.05, 3.63) is 94.8 Å². The lowest BCUT2D eigenvalue weighted by molar-refractivity contribution is -0.139. The summed E-state index contributed by atoms with van der Waals surface area (Å²) >= 11 is 0. The molecule has 2 aromatic heterocycles. The van der Waals surface area contributed by atoms with Crippen molar-refractivity contribution in [1.82, 2.24) is 56.8 Å². The van der Waals surface area contributed by atoms with E-state index < -0.39 is 53.5 Å². The Morgan fingerprint density at radius 1 is 0.819 bits per heavy atom. The molecule has 0 bridgehead atoms. The van der Waals surface area contributed by atoms with Crippen molar-refractivity contribution >= 4 is 75.7 Å². The molecule has 7 amide bonds. The van der Waals surface area contributed by atoms with E-state index in [1.54, 1.807) is 38.1 Å². The van der Waals surface area contributed by atoms with Gasteiger partial charge in [-0.25, -0.2) is 14.2 Å². The number of carboxylic acid groups (broad SMARTS) is 1. The number of imide groups is 1. The number of carbonyl (C=O) groups is 8. The number of aryl methyl sites for hydroxylation is 2. The number of halogens is 1. The Morgan fingerprint density at radius 2 is 1.56 bits per heavy atom. The van der Waals surface area contributed by atoms with Crippen molar-refractivity contribution in [1.29, 1.82) is 0 Å². The van der Waals surface area contributed by atoms with E-state index in [-0.39, 0.29) is 101 Å². The van der Waals surface area contributed by atoms with Crippen LogP contribution in [-0.2, 0) is 41.6 Å². The van der Waals surface area contributed by atoms with Gasteiger partial charge in [0.25, 0.3) is 23.6 Å². The summed E-state index contributed by atoms with van der Waals surface area (Å²) in [5.74, 6) is -5.74. The average molecular weight is 991 g/mol. The third-order valence-electron chi connectivity index (χ3n) is 11.7. The summed E-state index contributed by atoms with van der Waals surface area (Å²) in [5.41, 5.74) is 13.7. The number of tetrazole rings is 1. The fourth-order valence-corrected chi connectivity index (χ4v) is 7.74. The Kier molecular flexibility index (Phi) is 17.7. The molecule has 3 aromatic carbocycles. The number of unbranched alkanes of at least 4 members (excludes halogenated alkanes) is 2. The van der Waals surface area contributed by atoms with Crippen LogP contribution in [0.5, 0.6) is 0 Å². The maximum atomic E-state index is 15.3. The molecule has 1 aliphatic heterocycles. The van der Waals surface area contributed by atoms with E-state index in [9.17, 15) is 43.5 Å². The third kappa shape index (κ3) is 13.8. The second kappa shape index (κ2) is 24.2. The molecule has 11 N–H and O–H groups in total. The Labute approximate surface area is 411 Å². The van der Waals surface area contributed by atoms with E-state index in [1.165, 1.54) is 49.4 Å². The lowest BCUT2D eigenvalue weighted by atomic mass is 10.0. The summed E-state index contributed by atoms with van der Waals surface area (Å²) in [7, 11) is 0. The number of aromatic nitrogens is 6. The number of aromatic amines is 1. The van der Waals surface area contributed by atoms with Crippen molar-refractivity contribution < 1.29 is 47.9 Å². The number of carboxylic acids is 1. The van der Waals surface area contributed by atoms with E-state index in [1.807, 2.05) is 0 Å². The molecule has 0 saturated heterocycles. The number of amides is 7. The van der Waals surface area contributed by atoms with Gasteiger partial charge in [0.2, 0.25) is 29.5 Å².